The summed E-state index contributed by atoms with van der Waals surface area (Å²) in [7, 11) is 2.55. The Bertz CT molecular complexity index is 965. The van der Waals surface area contributed by atoms with Gasteiger partial charge in [-0.25, -0.2) is 4.79 Å². The Hall–Kier alpha value is -3.29. The molecule has 0 aliphatic heterocycles. The van der Waals surface area contributed by atoms with Crippen LogP contribution in [0.4, 0.5) is 13.2 Å². The van der Waals surface area contributed by atoms with Crippen molar-refractivity contribution in [3.05, 3.63) is 76.5 Å². The SMILES string of the molecule is CO/N=C(/C(=O)OC)c1ccccc1CO/C(C)=C(\C)c1cccc(C(F)(F)F)c1. The molecule has 0 amide bonds. The van der Waals surface area contributed by atoms with Crippen molar-refractivity contribution in [2.45, 2.75) is 26.6 Å². The quantitative estimate of drug-likeness (QED) is 0.267. The molecule has 0 heterocycles. The minimum Gasteiger partial charge on any atom is -0.493 e. The zero-order chi connectivity index (χ0) is 22.3. The first-order valence-electron chi connectivity index (χ1n) is 8.94. The van der Waals surface area contributed by atoms with Crippen LogP contribution >= 0.6 is 0 Å². The molecule has 0 N–H and O–H groups in total. The van der Waals surface area contributed by atoms with Gasteiger partial charge in [-0.3, -0.25) is 0 Å². The zero-order valence-electron chi connectivity index (χ0n) is 17.0. The van der Waals surface area contributed by atoms with Gasteiger partial charge in [0.2, 0.25) is 0 Å². The maximum Gasteiger partial charge on any atom is 0.416 e. The van der Waals surface area contributed by atoms with E-state index in [9.17, 15) is 18.0 Å². The summed E-state index contributed by atoms with van der Waals surface area (Å²) in [5.74, 6) is -0.218. The molecule has 0 unspecified atom stereocenters. The number of hydrogen-bond donors (Lipinski definition) is 0. The van der Waals surface area contributed by atoms with Gasteiger partial charge in [0.05, 0.1) is 18.4 Å². The molecule has 0 bridgehead atoms. The number of esters is 1. The predicted molar refractivity (Wildman–Crippen MR) is 107 cm³/mol. The topological polar surface area (TPSA) is 57.1 Å². The molecule has 0 radical (unpaired) electrons. The molecule has 0 spiro atoms. The number of allylic oxidation sites excluding steroid dienone is 2. The van der Waals surface area contributed by atoms with Gasteiger partial charge in [0.15, 0.2) is 5.71 Å². The van der Waals surface area contributed by atoms with E-state index in [0.29, 0.717) is 28.0 Å². The van der Waals surface area contributed by atoms with Crippen LogP contribution in [-0.4, -0.2) is 25.9 Å². The van der Waals surface area contributed by atoms with E-state index in [4.69, 9.17) is 14.3 Å². The molecule has 2 rings (SSSR count). The molecule has 0 atom stereocenters. The highest BCUT2D eigenvalue weighted by Gasteiger charge is 2.30. The van der Waals surface area contributed by atoms with Crippen LogP contribution in [0, 0.1) is 0 Å². The average Bonchev–Trinajstić information content (AvgIpc) is 2.74. The van der Waals surface area contributed by atoms with Crippen LogP contribution in [0.25, 0.3) is 5.57 Å². The van der Waals surface area contributed by atoms with Crippen LogP contribution in [0.2, 0.25) is 0 Å². The summed E-state index contributed by atoms with van der Waals surface area (Å²) in [6.07, 6.45) is -4.42. The fraction of sp³-hybridized carbons (Fsp3) is 0.273. The van der Waals surface area contributed by atoms with Crippen LogP contribution in [0.3, 0.4) is 0 Å². The van der Waals surface area contributed by atoms with Gasteiger partial charge in [-0.05, 0) is 42.7 Å². The lowest BCUT2D eigenvalue weighted by Crippen LogP contribution is -2.19. The van der Waals surface area contributed by atoms with Crippen molar-refractivity contribution in [1.29, 1.82) is 0 Å². The van der Waals surface area contributed by atoms with Gasteiger partial charge in [-0.1, -0.05) is 41.6 Å². The number of halogens is 3. The summed E-state index contributed by atoms with van der Waals surface area (Å²) in [5.41, 5.74) is 1.33. The second-order valence-corrected chi connectivity index (χ2v) is 6.32. The fourth-order valence-electron chi connectivity index (χ4n) is 2.69. The number of alkyl halides is 3. The third-order valence-electron chi connectivity index (χ3n) is 4.43. The normalized spacial score (nSPS) is 12.8. The Balaban J connectivity index is 2.29. The molecular formula is C22H22F3NO4. The van der Waals surface area contributed by atoms with Crippen molar-refractivity contribution in [3.63, 3.8) is 0 Å². The molecule has 8 heteroatoms. The lowest BCUT2D eigenvalue weighted by Gasteiger charge is -2.15. The highest BCUT2D eigenvalue weighted by Crippen LogP contribution is 2.31. The summed E-state index contributed by atoms with van der Waals surface area (Å²) in [4.78, 5) is 16.8. The van der Waals surface area contributed by atoms with Gasteiger partial charge >= 0.3 is 12.1 Å². The summed E-state index contributed by atoms with van der Waals surface area (Å²) in [5, 5.41) is 3.74. The van der Waals surface area contributed by atoms with Crippen molar-refractivity contribution < 1.29 is 32.3 Å². The number of rotatable bonds is 7. The standard InChI is InChI=1S/C22H22F3NO4/c1-14(16-9-7-10-18(12-16)22(23,24)25)15(2)30-13-17-8-5-6-11-19(17)20(26-29-4)21(27)28-3/h5-12H,13H2,1-4H3/b15-14+,26-20+. The van der Waals surface area contributed by atoms with Gasteiger partial charge in [0.1, 0.15) is 13.7 Å². The molecule has 0 aliphatic rings. The molecule has 0 aliphatic carbocycles. The molecule has 0 aromatic heterocycles. The van der Waals surface area contributed by atoms with Gasteiger partial charge < -0.3 is 14.3 Å². The summed E-state index contributed by atoms with van der Waals surface area (Å²) < 4.78 is 49.5. The van der Waals surface area contributed by atoms with E-state index in [1.807, 2.05) is 0 Å². The Labute approximate surface area is 172 Å². The molecule has 0 saturated carbocycles. The molecule has 0 saturated heterocycles. The van der Waals surface area contributed by atoms with E-state index >= 15 is 0 Å². The minimum atomic E-state index is -4.42. The van der Waals surface area contributed by atoms with Crippen molar-refractivity contribution in [2.24, 2.45) is 5.16 Å². The van der Waals surface area contributed by atoms with Gasteiger partial charge in [-0.15, -0.1) is 0 Å². The molecular weight excluding hydrogens is 399 g/mol. The number of benzene rings is 2. The number of methoxy groups -OCH3 is 1. The summed E-state index contributed by atoms with van der Waals surface area (Å²) >= 11 is 0. The third-order valence-corrected chi connectivity index (χ3v) is 4.43. The van der Waals surface area contributed by atoms with Gasteiger partial charge in [0, 0.05) is 5.56 Å². The largest absolute Gasteiger partial charge is 0.493 e. The summed E-state index contributed by atoms with van der Waals surface area (Å²) in [6, 6.07) is 12.0. The van der Waals surface area contributed by atoms with E-state index in [1.54, 1.807) is 44.2 Å². The number of carbonyl (C=O) groups is 1. The number of hydrogen-bond acceptors (Lipinski definition) is 5. The smallest absolute Gasteiger partial charge is 0.416 e. The molecule has 5 nitrogen and oxygen atoms in total. The third kappa shape index (κ3) is 5.62. The average molecular weight is 421 g/mol. The van der Waals surface area contributed by atoms with Crippen molar-refractivity contribution >= 4 is 17.3 Å². The zero-order valence-corrected chi connectivity index (χ0v) is 17.0. The summed E-state index contributed by atoms with van der Waals surface area (Å²) in [6.45, 7) is 3.42. The Morgan fingerprint density at radius 1 is 1.03 bits per heavy atom. The molecule has 2 aromatic rings. The fourth-order valence-corrected chi connectivity index (χ4v) is 2.69. The van der Waals surface area contributed by atoms with Crippen molar-refractivity contribution in [3.8, 4) is 0 Å². The Morgan fingerprint density at radius 3 is 2.37 bits per heavy atom. The Kier molecular flexibility index (Phi) is 7.63. The number of nitrogens with zero attached hydrogens (tertiary/aromatic N) is 1. The van der Waals surface area contributed by atoms with Crippen LogP contribution in [0.5, 0.6) is 0 Å². The molecule has 30 heavy (non-hydrogen) atoms. The number of oxime groups is 1. The highest BCUT2D eigenvalue weighted by atomic mass is 19.4. The minimum absolute atomic E-state index is 0.0181. The monoisotopic (exact) mass is 421 g/mol. The van der Waals surface area contributed by atoms with E-state index in [1.165, 1.54) is 20.3 Å². The highest BCUT2D eigenvalue weighted by molar-refractivity contribution is 6.43. The lowest BCUT2D eigenvalue weighted by atomic mass is 10.0. The Morgan fingerprint density at radius 2 is 1.73 bits per heavy atom. The molecule has 160 valence electrons. The molecule has 2 aromatic carbocycles. The lowest BCUT2D eigenvalue weighted by molar-refractivity contribution is -0.137. The predicted octanol–water partition coefficient (Wildman–Crippen LogP) is 5.20. The van der Waals surface area contributed by atoms with Crippen LogP contribution in [0.15, 0.2) is 59.4 Å². The number of ether oxygens (including phenoxy) is 2. The van der Waals surface area contributed by atoms with Crippen molar-refractivity contribution in [2.75, 3.05) is 14.2 Å². The van der Waals surface area contributed by atoms with E-state index < -0.39 is 17.7 Å². The van der Waals surface area contributed by atoms with Crippen LogP contribution in [-0.2, 0) is 31.9 Å². The van der Waals surface area contributed by atoms with Crippen LogP contribution < -0.4 is 0 Å². The second-order valence-electron chi connectivity index (χ2n) is 6.32. The van der Waals surface area contributed by atoms with Gasteiger partial charge in [0.25, 0.3) is 0 Å². The van der Waals surface area contributed by atoms with Crippen LogP contribution in [0.1, 0.15) is 36.1 Å². The van der Waals surface area contributed by atoms with Gasteiger partial charge in [-0.2, -0.15) is 13.2 Å². The second kappa shape index (κ2) is 9.96. The maximum atomic E-state index is 13.0. The van der Waals surface area contributed by atoms with E-state index in [0.717, 1.165) is 12.1 Å². The first-order chi connectivity index (χ1) is 14.2. The molecule has 0 fully saturated rings. The van der Waals surface area contributed by atoms with Crippen molar-refractivity contribution in [1.82, 2.24) is 0 Å². The number of carbonyl (C=O) groups excluding carboxylic acids is 1. The van der Waals surface area contributed by atoms with E-state index in [2.05, 4.69) is 5.16 Å². The first kappa shape index (κ1) is 23.0. The van der Waals surface area contributed by atoms with E-state index in [-0.39, 0.29) is 12.3 Å². The maximum absolute atomic E-state index is 13.0. The first-order valence-corrected chi connectivity index (χ1v) is 8.94.